The molecule has 43 heavy (non-hydrogen) atoms. The molecule has 5 rings (SSSR count). The molecule has 0 radical (unpaired) electrons. The van der Waals surface area contributed by atoms with Crippen LogP contribution >= 0.6 is 35.0 Å². The highest BCUT2D eigenvalue weighted by Crippen LogP contribution is 2.53. The van der Waals surface area contributed by atoms with Crippen molar-refractivity contribution in [3.05, 3.63) is 105 Å². The molecule has 3 aromatic rings. The summed E-state index contributed by atoms with van der Waals surface area (Å²) in [7, 11) is 3.68. The summed E-state index contributed by atoms with van der Waals surface area (Å²) < 4.78 is 0.219. The zero-order chi connectivity index (χ0) is 30.7. The molecule has 2 amide bonds. The Labute approximate surface area is 270 Å². The second-order valence-corrected chi connectivity index (χ2v) is 14.4. The van der Waals surface area contributed by atoms with Gasteiger partial charge in [0.05, 0.1) is 16.1 Å². The summed E-state index contributed by atoms with van der Waals surface area (Å²) in [6.07, 6.45) is 2.98. The van der Waals surface area contributed by atoms with Crippen LogP contribution in [0.4, 0.5) is 0 Å². The minimum absolute atomic E-state index is 0.0502. The number of piperidine rings is 1. The Hall–Kier alpha value is -2.51. The Morgan fingerprint density at radius 2 is 1.60 bits per heavy atom. The van der Waals surface area contributed by atoms with Gasteiger partial charge in [0, 0.05) is 49.2 Å². The molecule has 2 aliphatic heterocycles. The summed E-state index contributed by atoms with van der Waals surface area (Å²) >= 11 is 15.2. The fourth-order valence-electron chi connectivity index (χ4n) is 6.55. The van der Waals surface area contributed by atoms with Crippen molar-refractivity contribution >= 4 is 46.8 Å². The standard InChI is InChI=1S/C35H41Cl2N3O2S/c1-24(2)33(41)38(3)22-27-20-30(36)31(37)21-28(27)32(39(4)34(42)25-10-6-5-7-11-25)14-17-40-18-15-35(16-19-40)29-13-9-8-12-26(29)23-43-35/h5-13,20-21,24,32H,14-19,22-23H2,1-4H3/t32-/m0/s1. The van der Waals surface area contributed by atoms with Gasteiger partial charge in [-0.1, -0.05) is 79.5 Å². The molecular formula is C35H41Cl2N3O2S. The molecular weight excluding hydrogens is 597 g/mol. The Balaban J connectivity index is 1.40. The molecule has 8 heteroatoms. The third-order valence-corrected chi connectivity index (χ3v) is 11.4. The number of halogens is 2. The van der Waals surface area contributed by atoms with Crippen LogP contribution in [0.5, 0.6) is 0 Å². The van der Waals surface area contributed by atoms with E-state index in [1.807, 2.05) is 75.3 Å². The molecule has 3 aromatic carbocycles. The van der Waals surface area contributed by atoms with E-state index in [0.717, 1.165) is 55.8 Å². The van der Waals surface area contributed by atoms with Gasteiger partial charge >= 0.3 is 0 Å². The average Bonchev–Trinajstić information content (AvgIpc) is 3.37. The highest BCUT2D eigenvalue weighted by molar-refractivity contribution is 7.99. The van der Waals surface area contributed by atoms with Crippen LogP contribution in [0.15, 0.2) is 66.7 Å². The first kappa shape index (κ1) is 31.9. The maximum atomic E-state index is 13.8. The largest absolute Gasteiger partial charge is 0.341 e. The van der Waals surface area contributed by atoms with Gasteiger partial charge in [-0.3, -0.25) is 9.59 Å². The molecule has 0 N–H and O–H groups in total. The van der Waals surface area contributed by atoms with Crippen LogP contribution in [0.3, 0.4) is 0 Å². The number of amides is 2. The van der Waals surface area contributed by atoms with Crippen LogP contribution in [0, 0.1) is 5.92 Å². The van der Waals surface area contributed by atoms with Crippen LogP contribution in [0.25, 0.3) is 0 Å². The Kier molecular flexibility index (Phi) is 10.1. The SMILES string of the molecule is CC(C)C(=O)N(C)Cc1cc(Cl)c(Cl)cc1[C@H](CCN1CCC2(CC1)SCc1ccccc12)N(C)C(=O)c1ccccc1. The Morgan fingerprint density at radius 1 is 0.953 bits per heavy atom. The summed E-state index contributed by atoms with van der Waals surface area (Å²) in [6.45, 7) is 7.06. The molecule has 228 valence electrons. The smallest absolute Gasteiger partial charge is 0.254 e. The first-order valence-electron chi connectivity index (χ1n) is 15.1. The number of hydrogen-bond acceptors (Lipinski definition) is 4. The van der Waals surface area contributed by atoms with Gasteiger partial charge in [0.25, 0.3) is 5.91 Å². The molecule has 2 heterocycles. The molecule has 0 saturated carbocycles. The summed E-state index contributed by atoms with van der Waals surface area (Å²) in [4.78, 5) is 32.7. The number of thioether (sulfide) groups is 1. The Bertz CT molecular complexity index is 1460. The lowest BCUT2D eigenvalue weighted by molar-refractivity contribution is -0.133. The van der Waals surface area contributed by atoms with Crippen LogP contribution in [-0.2, 0) is 21.8 Å². The van der Waals surface area contributed by atoms with Gasteiger partial charge < -0.3 is 14.7 Å². The minimum atomic E-state index is -0.252. The summed E-state index contributed by atoms with van der Waals surface area (Å²) in [5.74, 6) is 0.974. The molecule has 1 spiro atoms. The molecule has 1 saturated heterocycles. The molecule has 5 nitrogen and oxygen atoms in total. The van der Waals surface area contributed by atoms with Crippen molar-refractivity contribution in [3.8, 4) is 0 Å². The molecule has 0 aliphatic carbocycles. The highest BCUT2D eigenvalue weighted by Gasteiger charge is 2.42. The second-order valence-electron chi connectivity index (χ2n) is 12.2. The first-order valence-corrected chi connectivity index (χ1v) is 16.8. The molecule has 0 bridgehead atoms. The maximum Gasteiger partial charge on any atom is 0.254 e. The monoisotopic (exact) mass is 637 g/mol. The summed E-state index contributed by atoms with van der Waals surface area (Å²) in [5, 5.41) is 0.887. The lowest BCUT2D eigenvalue weighted by Gasteiger charge is -2.40. The van der Waals surface area contributed by atoms with Crippen molar-refractivity contribution in [1.29, 1.82) is 0 Å². The normalized spacial score (nSPS) is 16.7. The number of carbonyl (C=O) groups excluding carboxylic acids is 2. The van der Waals surface area contributed by atoms with E-state index in [9.17, 15) is 9.59 Å². The van der Waals surface area contributed by atoms with E-state index in [4.69, 9.17) is 23.2 Å². The lowest BCUT2D eigenvalue weighted by atomic mass is 9.86. The molecule has 1 fully saturated rings. The third kappa shape index (κ3) is 6.93. The van der Waals surface area contributed by atoms with Gasteiger partial charge in [0.2, 0.25) is 5.91 Å². The van der Waals surface area contributed by atoms with Crippen LogP contribution in [0.2, 0.25) is 10.0 Å². The van der Waals surface area contributed by atoms with Crippen molar-refractivity contribution < 1.29 is 9.59 Å². The van der Waals surface area contributed by atoms with Gasteiger partial charge in [0.15, 0.2) is 0 Å². The van der Waals surface area contributed by atoms with Crippen molar-refractivity contribution in [2.75, 3.05) is 33.7 Å². The predicted molar refractivity (Wildman–Crippen MR) is 179 cm³/mol. The van der Waals surface area contributed by atoms with Crippen molar-refractivity contribution in [3.63, 3.8) is 0 Å². The number of rotatable bonds is 9. The number of fused-ring (bicyclic) bond motifs is 2. The molecule has 0 aromatic heterocycles. The fraction of sp³-hybridized carbons (Fsp3) is 0.429. The molecule has 1 atom stereocenters. The zero-order valence-electron chi connectivity index (χ0n) is 25.5. The van der Waals surface area contributed by atoms with Gasteiger partial charge in [-0.05, 0) is 78.9 Å². The van der Waals surface area contributed by atoms with E-state index < -0.39 is 0 Å². The van der Waals surface area contributed by atoms with E-state index >= 15 is 0 Å². The van der Waals surface area contributed by atoms with Crippen molar-refractivity contribution in [2.24, 2.45) is 5.92 Å². The second kappa shape index (κ2) is 13.6. The van der Waals surface area contributed by atoms with E-state index in [2.05, 4.69) is 40.9 Å². The van der Waals surface area contributed by atoms with E-state index in [1.165, 1.54) is 11.1 Å². The van der Waals surface area contributed by atoms with E-state index in [0.29, 0.717) is 22.2 Å². The maximum absolute atomic E-state index is 13.8. The lowest BCUT2D eigenvalue weighted by Crippen LogP contribution is -2.42. The Morgan fingerprint density at radius 3 is 2.30 bits per heavy atom. The number of carbonyl (C=O) groups is 2. The average molecular weight is 639 g/mol. The number of hydrogen-bond donors (Lipinski definition) is 0. The van der Waals surface area contributed by atoms with Crippen LogP contribution in [0.1, 0.15) is 71.8 Å². The van der Waals surface area contributed by atoms with Gasteiger partial charge in [0.1, 0.15) is 0 Å². The third-order valence-electron chi connectivity index (χ3n) is 9.02. The van der Waals surface area contributed by atoms with Gasteiger partial charge in [-0.15, -0.1) is 11.8 Å². The molecule has 2 aliphatic rings. The zero-order valence-corrected chi connectivity index (χ0v) is 27.8. The fourth-order valence-corrected chi connectivity index (χ4v) is 8.42. The predicted octanol–water partition coefficient (Wildman–Crippen LogP) is 8.05. The number of nitrogens with zero attached hydrogens (tertiary/aromatic N) is 3. The van der Waals surface area contributed by atoms with Crippen molar-refractivity contribution in [1.82, 2.24) is 14.7 Å². The highest BCUT2D eigenvalue weighted by atomic mass is 35.5. The van der Waals surface area contributed by atoms with E-state index in [-0.39, 0.29) is 28.5 Å². The van der Waals surface area contributed by atoms with Crippen molar-refractivity contribution in [2.45, 2.75) is 56.2 Å². The summed E-state index contributed by atoms with van der Waals surface area (Å²) in [5.41, 5.74) is 5.47. The first-order chi connectivity index (χ1) is 20.6. The minimum Gasteiger partial charge on any atom is -0.341 e. The topological polar surface area (TPSA) is 43.9 Å². The van der Waals surface area contributed by atoms with Gasteiger partial charge in [-0.2, -0.15) is 0 Å². The quantitative estimate of drug-likeness (QED) is 0.238. The van der Waals surface area contributed by atoms with Gasteiger partial charge in [-0.25, -0.2) is 0 Å². The van der Waals surface area contributed by atoms with E-state index in [1.54, 1.807) is 4.90 Å². The van der Waals surface area contributed by atoms with Crippen LogP contribution < -0.4 is 0 Å². The van der Waals surface area contributed by atoms with Crippen LogP contribution in [-0.4, -0.2) is 60.2 Å². The summed E-state index contributed by atoms with van der Waals surface area (Å²) in [6, 6.07) is 21.8. The number of likely N-dealkylation sites (tertiary alicyclic amines) is 1. The molecule has 0 unspecified atom stereocenters. The number of benzene rings is 3.